The Morgan fingerprint density at radius 2 is 2.07 bits per heavy atom. The summed E-state index contributed by atoms with van der Waals surface area (Å²) < 4.78 is 5.41. The quantitative estimate of drug-likeness (QED) is 0.401. The van der Waals surface area contributed by atoms with E-state index in [-0.39, 0.29) is 18.1 Å². The lowest BCUT2D eigenvalue weighted by atomic mass is 10.1. The van der Waals surface area contributed by atoms with Gasteiger partial charge in [0.2, 0.25) is 5.91 Å². The summed E-state index contributed by atoms with van der Waals surface area (Å²) in [4.78, 5) is 11.0. The molecule has 0 aromatic heterocycles. The number of nitrogens with zero attached hydrogens (tertiary/aromatic N) is 1. The second kappa shape index (κ2) is 6.79. The van der Waals surface area contributed by atoms with Crippen LogP contribution in [-0.2, 0) is 9.53 Å². The maximum absolute atomic E-state index is 11.0. The summed E-state index contributed by atoms with van der Waals surface area (Å²) >= 11 is 0. The fraction of sp³-hybridized carbons (Fsp3) is 0.900. The van der Waals surface area contributed by atoms with Crippen LogP contribution in [0.3, 0.4) is 0 Å². The second-order valence-electron chi connectivity index (χ2n) is 3.70. The molecule has 0 saturated heterocycles. The summed E-state index contributed by atoms with van der Waals surface area (Å²) in [7, 11) is 0. The first-order valence-corrected chi connectivity index (χ1v) is 5.15. The van der Waals surface area contributed by atoms with Crippen LogP contribution in [0, 0.1) is 0 Å². The van der Waals surface area contributed by atoms with Crippen LogP contribution in [0.5, 0.6) is 0 Å². The second-order valence-corrected chi connectivity index (χ2v) is 3.70. The summed E-state index contributed by atoms with van der Waals surface area (Å²) in [5, 5.41) is 1.30. The van der Waals surface area contributed by atoms with E-state index in [1.54, 1.807) is 0 Å². The third-order valence-electron chi connectivity index (χ3n) is 2.13. The lowest BCUT2D eigenvalue weighted by molar-refractivity contribution is -0.132. The molecule has 2 N–H and O–H groups in total. The number of amides is 1. The number of nitrogens with two attached hydrogens (primary N) is 1. The first-order valence-electron chi connectivity index (χ1n) is 5.15. The van der Waals surface area contributed by atoms with Crippen LogP contribution in [-0.4, -0.2) is 29.7 Å². The van der Waals surface area contributed by atoms with Gasteiger partial charge in [0, 0.05) is 19.6 Å². The molecular weight excluding hydrogens is 180 g/mol. The van der Waals surface area contributed by atoms with Crippen LogP contribution in [0.4, 0.5) is 0 Å². The van der Waals surface area contributed by atoms with Gasteiger partial charge in [-0.25, -0.2) is 5.84 Å². The van der Waals surface area contributed by atoms with Gasteiger partial charge in [-0.2, -0.15) is 0 Å². The minimum absolute atomic E-state index is 0.0891. The first kappa shape index (κ1) is 13.4. The van der Waals surface area contributed by atoms with E-state index in [0.29, 0.717) is 6.61 Å². The van der Waals surface area contributed by atoms with Gasteiger partial charge in [0.05, 0.1) is 6.10 Å². The van der Waals surface area contributed by atoms with E-state index in [4.69, 9.17) is 10.6 Å². The smallest absolute Gasteiger partial charge is 0.233 e. The third kappa shape index (κ3) is 5.19. The summed E-state index contributed by atoms with van der Waals surface area (Å²) in [5.74, 6) is 5.52. The molecule has 4 nitrogen and oxygen atoms in total. The van der Waals surface area contributed by atoms with E-state index in [9.17, 15) is 4.79 Å². The van der Waals surface area contributed by atoms with Crippen LogP contribution in [0.1, 0.15) is 40.5 Å². The van der Waals surface area contributed by atoms with Crippen molar-refractivity contribution < 1.29 is 9.53 Å². The van der Waals surface area contributed by atoms with Crippen LogP contribution >= 0.6 is 0 Å². The van der Waals surface area contributed by atoms with Crippen LogP contribution in [0.25, 0.3) is 0 Å². The number of hydrogen-bond acceptors (Lipinski definition) is 3. The van der Waals surface area contributed by atoms with E-state index in [1.165, 1.54) is 11.9 Å². The largest absolute Gasteiger partial charge is 0.379 e. The highest BCUT2D eigenvalue weighted by Crippen LogP contribution is 2.06. The van der Waals surface area contributed by atoms with Gasteiger partial charge in [-0.05, 0) is 26.7 Å². The maximum Gasteiger partial charge on any atom is 0.233 e. The molecular formula is C10H22N2O2. The Morgan fingerprint density at radius 3 is 2.43 bits per heavy atom. The van der Waals surface area contributed by atoms with Crippen molar-refractivity contribution >= 4 is 5.91 Å². The molecule has 0 heterocycles. The van der Waals surface area contributed by atoms with Crippen molar-refractivity contribution in [1.82, 2.24) is 5.01 Å². The zero-order chi connectivity index (χ0) is 11.1. The predicted molar refractivity (Wildman–Crippen MR) is 56.5 cm³/mol. The lowest BCUT2D eigenvalue weighted by Gasteiger charge is -2.25. The minimum atomic E-state index is -0.0959. The fourth-order valence-corrected chi connectivity index (χ4v) is 1.24. The van der Waals surface area contributed by atoms with Gasteiger partial charge in [0.15, 0.2) is 0 Å². The third-order valence-corrected chi connectivity index (χ3v) is 2.13. The number of carbonyl (C=O) groups is 1. The Bertz CT molecular complexity index is 172. The molecule has 1 atom stereocenters. The number of ether oxygens (including phenoxy) is 1. The molecule has 1 unspecified atom stereocenters. The van der Waals surface area contributed by atoms with E-state index in [0.717, 1.165) is 12.8 Å². The Morgan fingerprint density at radius 1 is 1.50 bits per heavy atom. The predicted octanol–water partition coefficient (Wildman–Crippen LogP) is 1.30. The van der Waals surface area contributed by atoms with Gasteiger partial charge in [-0.3, -0.25) is 9.80 Å². The van der Waals surface area contributed by atoms with Crippen LogP contribution in [0.2, 0.25) is 0 Å². The molecule has 1 amide bonds. The minimum Gasteiger partial charge on any atom is -0.379 e. The number of carbonyl (C=O) groups excluding carboxylic acids is 1. The van der Waals surface area contributed by atoms with E-state index in [2.05, 4.69) is 0 Å². The maximum atomic E-state index is 11.0. The molecule has 4 heteroatoms. The molecule has 0 aliphatic carbocycles. The molecule has 0 aromatic rings. The van der Waals surface area contributed by atoms with Crippen molar-refractivity contribution in [2.24, 2.45) is 5.84 Å². The molecule has 0 bridgehead atoms. The van der Waals surface area contributed by atoms with Gasteiger partial charge >= 0.3 is 0 Å². The monoisotopic (exact) mass is 202 g/mol. The zero-order valence-electron chi connectivity index (χ0n) is 9.62. The van der Waals surface area contributed by atoms with Crippen LogP contribution < -0.4 is 5.84 Å². The highest BCUT2D eigenvalue weighted by Gasteiger charge is 2.15. The van der Waals surface area contributed by atoms with Crippen molar-refractivity contribution in [3.8, 4) is 0 Å². The van der Waals surface area contributed by atoms with Gasteiger partial charge in [0.1, 0.15) is 0 Å². The highest BCUT2D eigenvalue weighted by atomic mass is 16.5. The Labute approximate surface area is 86.4 Å². The molecule has 0 aromatic carbocycles. The van der Waals surface area contributed by atoms with Gasteiger partial charge in [-0.1, -0.05) is 6.92 Å². The van der Waals surface area contributed by atoms with Gasteiger partial charge in [0.25, 0.3) is 0 Å². The van der Waals surface area contributed by atoms with Crippen molar-refractivity contribution in [3.63, 3.8) is 0 Å². The van der Waals surface area contributed by atoms with E-state index in [1.807, 2.05) is 20.8 Å². The molecule has 0 saturated carbocycles. The summed E-state index contributed by atoms with van der Waals surface area (Å²) in [5.41, 5.74) is 0. The summed E-state index contributed by atoms with van der Waals surface area (Å²) in [6.45, 7) is 8.13. The summed E-state index contributed by atoms with van der Waals surface area (Å²) in [6.07, 6.45) is 1.89. The molecule has 0 spiro atoms. The zero-order valence-corrected chi connectivity index (χ0v) is 9.62. The standard InChI is InChI=1S/C10H22N2O2/c1-5-10(12(11)9(4)13)6-7-14-8(2)3/h8,10H,5-7,11H2,1-4H3. The van der Waals surface area contributed by atoms with Crippen molar-refractivity contribution in [1.29, 1.82) is 0 Å². The topological polar surface area (TPSA) is 55.6 Å². The highest BCUT2D eigenvalue weighted by molar-refractivity contribution is 5.72. The normalized spacial score (nSPS) is 13.0. The van der Waals surface area contributed by atoms with Crippen LogP contribution in [0.15, 0.2) is 0 Å². The molecule has 0 fully saturated rings. The molecule has 0 radical (unpaired) electrons. The molecule has 0 rings (SSSR count). The van der Waals surface area contributed by atoms with E-state index < -0.39 is 0 Å². The number of rotatable bonds is 6. The van der Waals surface area contributed by atoms with Crippen molar-refractivity contribution in [2.45, 2.75) is 52.7 Å². The molecule has 0 aliphatic rings. The first-order chi connectivity index (χ1) is 6.49. The average Bonchev–Trinajstić information content (AvgIpc) is 2.10. The van der Waals surface area contributed by atoms with E-state index >= 15 is 0 Å². The number of hydrogen-bond donors (Lipinski definition) is 1. The van der Waals surface area contributed by atoms with Crippen molar-refractivity contribution in [2.75, 3.05) is 6.61 Å². The Balaban J connectivity index is 3.84. The molecule has 14 heavy (non-hydrogen) atoms. The average molecular weight is 202 g/mol. The molecule has 84 valence electrons. The van der Waals surface area contributed by atoms with Crippen molar-refractivity contribution in [3.05, 3.63) is 0 Å². The lowest BCUT2D eigenvalue weighted by Crippen LogP contribution is -2.44. The fourth-order valence-electron chi connectivity index (χ4n) is 1.24. The SMILES string of the molecule is CCC(CCOC(C)C)N(N)C(C)=O. The number of hydrazine groups is 1. The summed E-state index contributed by atoms with van der Waals surface area (Å²) in [6, 6.07) is 0.0891. The Hall–Kier alpha value is -0.610. The molecule has 0 aliphatic heterocycles. The Kier molecular flexibility index (Phi) is 6.49. The van der Waals surface area contributed by atoms with Gasteiger partial charge in [-0.15, -0.1) is 0 Å². The van der Waals surface area contributed by atoms with Gasteiger partial charge < -0.3 is 4.74 Å².